The second-order valence-electron chi connectivity index (χ2n) is 4.65. The molecule has 2 amide bonds. The van der Waals surface area contributed by atoms with E-state index in [1.54, 1.807) is 13.2 Å². The molecule has 6 heteroatoms. The summed E-state index contributed by atoms with van der Waals surface area (Å²) in [5, 5.41) is 9.08. The topological polar surface area (TPSA) is 73.7 Å². The molecular weight excluding hydrogens is 246 g/mol. The summed E-state index contributed by atoms with van der Waals surface area (Å²) in [6.07, 6.45) is 2.93. The lowest BCUT2D eigenvalue weighted by molar-refractivity contribution is -0.141. The van der Waals surface area contributed by atoms with Gasteiger partial charge in [-0.15, -0.1) is 0 Å². The van der Waals surface area contributed by atoms with Crippen LogP contribution >= 0.6 is 0 Å². The van der Waals surface area contributed by atoms with Crippen molar-refractivity contribution in [3.63, 3.8) is 0 Å². The molecule has 1 saturated heterocycles. The first-order valence-electron chi connectivity index (χ1n) is 6.24. The lowest BCUT2D eigenvalue weighted by Crippen LogP contribution is -2.46. The summed E-state index contributed by atoms with van der Waals surface area (Å²) in [6.45, 7) is 0.880. The Labute approximate surface area is 111 Å². The van der Waals surface area contributed by atoms with Crippen molar-refractivity contribution >= 4 is 12.0 Å². The molecular formula is C13H17N3O3. The van der Waals surface area contributed by atoms with Crippen LogP contribution in [0.15, 0.2) is 24.4 Å². The summed E-state index contributed by atoms with van der Waals surface area (Å²) < 4.78 is 0. The lowest BCUT2D eigenvalue weighted by Gasteiger charge is -2.27. The number of likely N-dealkylation sites (tertiary alicyclic amines) is 1. The zero-order valence-electron chi connectivity index (χ0n) is 10.8. The van der Waals surface area contributed by atoms with Crippen molar-refractivity contribution in [2.24, 2.45) is 0 Å². The Hall–Kier alpha value is -2.11. The molecule has 0 bridgehead atoms. The van der Waals surface area contributed by atoms with Gasteiger partial charge in [0, 0.05) is 19.8 Å². The van der Waals surface area contributed by atoms with Gasteiger partial charge in [-0.25, -0.2) is 9.59 Å². The van der Waals surface area contributed by atoms with Crippen molar-refractivity contribution in [2.75, 3.05) is 13.6 Å². The predicted molar refractivity (Wildman–Crippen MR) is 68.5 cm³/mol. The van der Waals surface area contributed by atoms with E-state index in [4.69, 9.17) is 5.11 Å². The van der Waals surface area contributed by atoms with Gasteiger partial charge in [0.25, 0.3) is 0 Å². The van der Waals surface area contributed by atoms with E-state index in [0.717, 1.165) is 12.1 Å². The van der Waals surface area contributed by atoms with Crippen LogP contribution in [0.25, 0.3) is 0 Å². The van der Waals surface area contributed by atoms with Gasteiger partial charge in [0.15, 0.2) is 0 Å². The number of amides is 2. The highest BCUT2D eigenvalue weighted by atomic mass is 16.4. The first-order chi connectivity index (χ1) is 9.09. The Morgan fingerprint density at radius 1 is 1.53 bits per heavy atom. The number of aliphatic carboxylic acids is 1. The number of hydrogen-bond donors (Lipinski definition) is 1. The minimum Gasteiger partial charge on any atom is -0.480 e. The molecule has 1 atom stereocenters. The van der Waals surface area contributed by atoms with Crippen molar-refractivity contribution in [1.82, 2.24) is 14.8 Å². The van der Waals surface area contributed by atoms with Crippen molar-refractivity contribution in [3.05, 3.63) is 30.1 Å². The standard InChI is InChI=1S/C13H17N3O3/c1-15(9-10-5-2-3-7-14-10)13(19)16-8-4-6-11(16)12(17)18/h2-3,5,7,11H,4,6,8-9H2,1H3,(H,17,18). The number of hydrogen-bond acceptors (Lipinski definition) is 3. The van der Waals surface area contributed by atoms with Gasteiger partial charge >= 0.3 is 12.0 Å². The zero-order valence-corrected chi connectivity index (χ0v) is 10.8. The maximum atomic E-state index is 12.2. The molecule has 19 heavy (non-hydrogen) atoms. The highest BCUT2D eigenvalue weighted by Gasteiger charge is 2.35. The molecule has 102 valence electrons. The predicted octanol–water partition coefficient (Wildman–Crippen LogP) is 1.18. The molecule has 1 fully saturated rings. The molecule has 1 aliphatic rings. The van der Waals surface area contributed by atoms with Crippen LogP contribution in [0.2, 0.25) is 0 Å². The number of pyridine rings is 1. The molecule has 1 aromatic rings. The third-order valence-electron chi connectivity index (χ3n) is 3.24. The van der Waals surface area contributed by atoms with Crippen LogP contribution in [-0.4, -0.2) is 51.5 Å². The number of carbonyl (C=O) groups excluding carboxylic acids is 1. The van der Waals surface area contributed by atoms with Crippen LogP contribution in [0.4, 0.5) is 4.79 Å². The number of rotatable bonds is 3. The molecule has 2 heterocycles. The van der Waals surface area contributed by atoms with Crippen LogP contribution in [-0.2, 0) is 11.3 Å². The van der Waals surface area contributed by atoms with Crippen molar-refractivity contribution in [3.8, 4) is 0 Å². The average Bonchev–Trinajstić information content (AvgIpc) is 2.88. The van der Waals surface area contributed by atoms with Gasteiger partial charge in [0.2, 0.25) is 0 Å². The minimum atomic E-state index is -0.933. The maximum Gasteiger partial charge on any atom is 0.326 e. The first kappa shape index (κ1) is 13.3. The number of carboxylic acid groups (broad SMARTS) is 1. The second-order valence-corrected chi connectivity index (χ2v) is 4.65. The zero-order chi connectivity index (χ0) is 13.8. The minimum absolute atomic E-state index is 0.254. The third kappa shape index (κ3) is 3.01. The van der Waals surface area contributed by atoms with E-state index in [2.05, 4.69) is 4.98 Å². The molecule has 0 aromatic carbocycles. The largest absolute Gasteiger partial charge is 0.480 e. The van der Waals surface area contributed by atoms with Crippen molar-refractivity contribution < 1.29 is 14.7 Å². The summed E-state index contributed by atoms with van der Waals surface area (Å²) in [5.74, 6) is -0.933. The highest BCUT2D eigenvalue weighted by molar-refractivity contribution is 5.83. The molecule has 0 aliphatic carbocycles. The van der Waals surface area contributed by atoms with Crippen LogP contribution in [0, 0.1) is 0 Å². The fourth-order valence-electron chi connectivity index (χ4n) is 2.27. The monoisotopic (exact) mass is 263 g/mol. The van der Waals surface area contributed by atoms with E-state index in [0.29, 0.717) is 19.5 Å². The Morgan fingerprint density at radius 3 is 2.95 bits per heavy atom. The Bertz CT molecular complexity index is 463. The van der Waals surface area contributed by atoms with Gasteiger partial charge in [0.1, 0.15) is 6.04 Å². The Balaban J connectivity index is 2.01. The smallest absolute Gasteiger partial charge is 0.326 e. The molecule has 1 aromatic heterocycles. The van der Waals surface area contributed by atoms with Crippen molar-refractivity contribution in [2.45, 2.75) is 25.4 Å². The average molecular weight is 263 g/mol. The number of urea groups is 1. The van der Waals surface area contributed by atoms with Crippen LogP contribution in [0.3, 0.4) is 0 Å². The summed E-state index contributed by atoms with van der Waals surface area (Å²) in [5.41, 5.74) is 0.782. The molecule has 0 spiro atoms. The summed E-state index contributed by atoms with van der Waals surface area (Å²) in [7, 11) is 1.66. The normalized spacial score (nSPS) is 18.4. The number of aromatic nitrogens is 1. The fraction of sp³-hybridized carbons (Fsp3) is 0.462. The van der Waals surface area contributed by atoms with Gasteiger partial charge in [-0.05, 0) is 25.0 Å². The molecule has 1 unspecified atom stereocenters. The van der Waals surface area contributed by atoms with E-state index in [9.17, 15) is 9.59 Å². The SMILES string of the molecule is CN(Cc1ccccn1)C(=O)N1CCCC1C(=O)O. The van der Waals surface area contributed by atoms with E-state index < -0.39 is 12.0 Å². The number of nitrogens with zero attached hydrogens (tertiary/aromatic N) is 3. The van der Waals surface area contributed by atoms with E-state index >= 15 is 0 Å². The maximum absolute atomic E-state index is 12.2. The number of carboxylic acids is 1. The molecule has 6 nitrogen and oxygen atoms in total. The van der Waals surface area contributed by atoms with Gasteiger partial charge in [-0.1, -0.05) is 6.07 Å². The van der Waals surface area contributed by atoms with Crippen molar-refractivity contribution in [1.29, 1.82) is 0 Å². The van der Waals surface area contributed by atoms with E-state index in [1.165, 1.54) is 9.80 Å². The van der Waals surface area contributed by atoms with Gasteiger partial charge in [0.05, 0.1) is 12.2 Å². The van der Waals surface area contributed by atoms with Crippen LogP contribution < -0.4 is 0 Å². The number of carbonyl (C=O) groups is 2. The van der Waals surface area contributed by atoms with E-state index in [1.807, 2.05) is 18.2 Å². The van der Waals surface area contributed by atoms with Crippen LogP contribution in [0.5, 0.6) is 0 Å². The van der Waals surface area contributed by atoms with E-state index in [-0.39, 0.29) is 6.03 Å². The highest BCUT2D eigenvalue weighted by Crippen LogP contribution is 2.19. The first-order valence-corrected chi connectivity index (χ1v) is 6.24. The quantitative estimate of drug-likeness (QED) is 0.888. The molecule has 0 radical (unpaired) electrons. The lowest BCUT2D eigenvalue weighted by atomic mass is 10.2. The molecule has 2 rings (SSSR count). The summed E-state index contributed by atoms with van der Waals surface area (Å²) >= 11 is 0. The molecule has 0 saturated carbocycles. The van der Waals surface area contributed by atoms with Crippen LogP contribution in [0.1, 0.15) is 18.5 Å². The van der Waals surface area contributed by atoms with Gasteiger partial charge in [-0.2, -0.15) is 0 Å². The third-order valence-corrected chi connectivity index (χ3v) is 3.24. The summed E-state index contributed by atoms with van der Waals surface area (Å²) in [4.78, 5) is 30.4. The summed E-state index contributed by atoms with van der Waals surface area (Å²) in [6, 6.07) is 4.56. The Morgan fingerprint density at radius 2 is 2.32 bits per heavy atom. The second kappa shape index (κ2) is 5.69. The van der Waals surface area contributed by atoms with Gasteiger partial charge < -0.3 is 14.9 Å². The molecule has 1 N–H and O–H groups in total. The van der Waals surface area contributed by atoms with Gasteiger partial charge in [-0.3, -0.25) is 4.98 Å². The Kier molecular flexibility index (Phi) is 3.99. The molecule has 1 aliphatic heterocycles. The fourth-order valence-corrected chi connectivity index (χ4v) is 2.27.